The molecule has 0 unspecified atom stereocenters. The lowest BCUT2D eigenvalue weighted by Gasteiger charge is -2.40. The van der Waals surface area contributed by atoms with Gasteiger partial charge in [0.15, 0.2) is 0 Å². The van der Waals surface area contributed by atoms with Crippen molar-refractivity contribution in [1.82, 2.24) is 0 Å². The third-order valence-electron chi connectivity index (χ3n) is 4.69. The second-order valence-electron chi connectivity index (χ2n) is 8.34. The molecule has 0 aromatic rings. The van der Waals surface area contributed by atoms with Crippen LogP contribution in [0.5, 0.6) is 0 Å². The van der Waals surface area contributed by atoms with E-state index in [9.17, 15) is 4.79 Å². The van der Waals surface area contributed by atoms with E-state index in [0.717, 1.165) is 19.3 Å². The van der Waals surface area contributed by atoms with E-state index in [-0.39, 0.29) is 11.4 Å². The van der Waals surface area contributed by atoms with Gasteiger partial charge in [-0.2, -0.15) is 0 Å². The fraction of sp³-hybridized carbons (Fsp3) is 0.944. The Morgan fingerprint density at radius 2 is 1.45 bits per heavy atom. The minimum Gasteiger partial charge on any atom is -0.459 e. The summed E-state index contributed by atoms with van der Waals surface area (Å²) in [5, 5.41) is 0. The molecule has 0 aromatic carbocycles. The monoisotopic (exact) mass is 284 g/mol. The summed E-state index contributed by atoms with van der Waals surface area (Å²) in [6.07, 6.45) is 6.02. The van der Waals surface area contributed by atoms with Crippen molar-refractivity contribution in [3.05, 3.63) is 0 Å². The predicted molar refractivity (Wildman–Crippen MR) is 86.8 cm³/mol. The number of rotatable bonds is 8. The molecule has 0 heterocycles. The highest BCUT2D eigenvalue weighted by molar-refractivity contribution is 5.69. The number of carbonyl (C=O) groups excluding carboxylic acids is 1. The second kappa shape index (κ2) is 7.47. The zero-order valence-electron chi connectivity index (χ0n) is 15.1. The highest BCUT2D eigenvalue weighted by Crippen LogP contribution is 2.37. The lowest BCUT2D eigenvalue weighted by molar-refractivity contribution is -0.168. The summed E-state index contributed by atoms with van der Waals surface area (Å²) in [6, 6.07) is 0. The summed E-state index contributed by atoms with van der Waals surface area (Å²) in [7, 11) is 0. The third-order valence-corrected chi connectivity index (χ3v) is 4.69. The van der Waals surface area contributed by atoms with E-state index in [1.807, 2.05) is 13.8 Å². The van der Waals surface area contributed by atoms with Gasteiger partial charge < -0.3 is 4.74 Å². The van der Waals surface area contributed by atoms with Gasteiger partial charge in [-0.3, -0.25) is 4.79 Å². The van der Waals surface area contributed by atoms with Crippen LogP contribution < -0.4 is 0 Å². The first-order chi connectivity index (χ1) is 8.91. The van der Waals surface area contributed by atoms with E-state index in [0.29, 0.717) is 11.8 Å². The summed E-state index contributed by atoms with van der Waals surface area (Å²) in [4.78, 5) is 12.0. The molecule has 0 aliphatic rings. The maximum Gasteiger partial charge on any atom is 0.306 e. The minimum atomic E-state index is -0.399. The summed E-state index contributed by atoms with van der Waals surface area (Å²) in [5.74, 6) is -0.0488. The highest BCUT2D eigenvalue weighted by Gasteiger charge is 2.38. The molecule has 0 radical (unpaired) electrons. The number of hydrogen-bond acceptors (Lipinski definition) is 2. The number of esters is 1. The summed E-state index contributed by atoms with van der Waals surface area (Å²) < 4.78 is 5.70. The van der Waals surface area contributed by atoms with Crippen LogP contribution in [0.2, 0.25) is 0 Å². The molecule has 0 aliphatic carbocycles. The molecule has 120 valence electrons. The van der Waals surface area contributed by atoms with Crippen molar-refractivity contribution in [1.29, 1.82) is 0 Å². The van der Waals surface area contributed by atoms with E-state index in [2.05, 4.69) is 41.5 Å². The smallest absolute Gasteiger partial charge is 0.306 e. The van der Waals surface area contributed by atoms with Crippen LogP contribution in [0.15, 0.2) is 0 Å². The Hall–Kier alpha value is -0.530. The molecule has 20 heavy (non-hydrogen) atoms. The van der Waals surface area contributed by atoms with Gasteiger partial charge in [0.1, 0.15) is 5.60 Å². The van der Waals surface area contributed by atoms with Gasteiger partial charge in [0, 0.05) is 11.8 Å². The Bertz CT molecular complexity index is 295. The number of ether oxygens (including phenoxy) is 1. The molecule has 2 heteroatoms. The van der Waals surface area contributed by atoms with Crippen molar-refractivity contribution in [2.24, 2.45) is 10.8 Å². The Morgan fingerprint density at radius 3 is 1.90 bits per heavy atom. The van der Waals surface area contributed by atoms with Gasteiger partial charge in [0.2, 0.25) is 0 Å². The van der Waals surface area contributed by atoms with Crippen LogP contribution in [0.4, 0.5) is 0 Å². The third kappa shape index (κ3) is 7.31. The largest absolute Gasteiger partial charge is 0.459 e. The lowest BCUT2D eigenvalue weighted by atomic mass is 9.75. The number of hydrogen-bond donors (Lipinski definition) is 0. The Morgan fingerprint density at radius 1 is 0.900 bits per heavy atom. The average Bonchev–Trinajstić information content (AvgIpc) is 2.26. The maximum atomic E-state index is 12.0. The molecule has 2 nitrogen and oxygen atoms in total. The second-order valence-corrected chi connectivity index (χ2v) is 8.34. The molecule has 0 saturated carbocycles. The van der Waals surface area contributed by atoms with Gasteiger partial charge >= 0.3 is 5.97 Å². The lowest BCUT2D eigenvalue weighted by Crippen LogP contribution is -2.42. The molecular weight excluding hydrogens is 248 g/mol. The fourth-order valence-electron chi connectivity index (χ4n) is 2.00. The van der Waals surface area contributed by atoms with Gasteiger partial charge in [0.25, 0.3) is 0 Å². The normalized spacial score (nSPS) is 13.4. The van der Waals surface area contributed by atoms with Gasteiger partial charge in [0.05, 0.1) is 0 Å². The van der Waals surface area contributed by atoms with Crippen LogP contribution in [0.25, 0.3) is 0 Å². The fourth-order valence-corrected chi connectivity index (χ4v) is 2.00. The minimum absolute atomic E-state index is 0.00882. The van der Waals surface area contributed by atoms with E-state index in [1.165, 1.54) is 12.8 Å². The number of carbonyl (C=O) groups is 1. The molecule has 0 amide bonds. The van der Waals surface area contributed by atoms with Crippen LogP contribution in [0, 0.1) is 10.8 Å². The SMILES string of the molecule is CCC(C)(C)C(C)(C)OC(=O)CCCCCC(C)(C)C. The summed E-state index contributed by atoms with van der Waals surface area (Å²) in [6.45, 7) is 17.3. The van der Waals surface area contributed by atoms with Crippen molar-refractivity contribution in [2.45, 2.75) is 99.5 Å². The first-order valence-corrected chi connectivity index (χ1v) is 8.13. The standard InChI is InChI=1S/C18H36O2/c1-9-17(5,6)18(7,8)20-15(19)13-11-10-12-14-16(2,3)4/h9-14H2,1-8H3. The Labute approximate surface area is 126 Å². The molecule has 0 atom stereocenters. The zero-order chi connectivity index (χ0) is 16.0. The molecule has 0 bridgehead atoms. The van der Waals surface area contributed by atoms with Crippen LogP contribution >= 0.6 is 0 Å². The van der Waals surface area contributed by atoms with Crippen LogP contribution in [-0.2, 0) is 9.53 Å². The van der Waals surface area contributed by atoms with Crippen molar-refractivity contribution in [3.8, 4) is 0 Å². The van der Waals surface area contributed by atoms with Gasteiger partial charge in [-0.05, 0) is 38.5 Å². The Balaban J connectivity index is 4.01. The predicted octanol–water partition coefficient (Wildman–Crippen LogP) is 5.74. The van der Waals surface area contributed by atoms with Crippen molar-refractivity contribution >= 4 is 5.97 Å². The Kier molecular flexibility index (Phi) is 7.27. The van der Waals surface area contributed by atoms with E-state index in [1.54, 1.807) is 0 Å². The van der Waals surface area contributed by atoms with Crippen molar-refractivity contribution in [3.63, 3.8) is 0 Å². The van der Waals surface area contributed by atoms with Gasteiger partial charge in [-0.1, -0.05) is 54.4 Å². The summed E-state index contributed by atoms with van der Waals surface area (Å²) in [5.41, 5.74) is 0.00673. The number of unbranched alkanes of at least 4 members (excludes halogenated alkanes) is 2. The van der Waals surface area contributed by atoms with Crippen LogP contribution in [0.3, 0.4) is 0 Å². The summed E-state index contributed by atoms with van der Waals surface area (Å²) >= 11 is 0. The molecule has 0 N–H and O–H groups in total. The average molecular weight is 284 g/mol. The quantitative estimate of drug-likeness (QED) is 0.419. The van der Waals surface area contributed by atoms with Gasteiger partial charge in [-0.15, -0.1) is 0 Å². The maximum absolute atomic E-state index is 12.0. The molecule has 0 spiro atoms. The van der Waals surface area contributed by atoms with E-state index < -0.39 is 5.60 Å². The molecule has 0 rings (SSSR count). The van der Waals surface area contributed by atoms with Crippen LogP contribution in [0.1, 0.15) is 93.9 Å². The molecule has 0 fully saturated rings. The molecular formula is C18H36O2. The van der Waals surface area contributed by atoms with Crippen molar-refractivity contribution in [2.75, 3.05) is 0 Å². The topological polar surface area (TPSA) is 26.3 Å². The zero-order valence-corrected chi connectivity index (χ0v) is 15.1. The molecule has 0 aliphatic heterocycles. The van der Waals surface area contributed by atoms with E-state index in [4.69, 9.17) is 4.74 Å². The highest BCUT2D eigenvalue weighted by atomic mass is 16.6. The molecule has 0 saturated heterocycles. The van der Waals surface area contributed by atoms with Gasteiger partial charge in [-0.25, -0.2) is 0 Å². The first-order valence-electron chi connectivity index (χ1n) is 8.13. The molecule has 0 aromatic heterocycles. The van der Waals surface area contributed by atoms with Crippen LogP contribution in [-0.4, -0.2) is 11.6 Å². The van der Waals surface area contributed by atoms with E-state index >= 15 is 0 Å². The van der Waals surface area contributed by atoms with Crippen molar-refractivity contribution < 1.29 is 9.53 Å². The first kappa shape index (κ1) is 19.5.